The molecule has 0 heterocycles. The summed E-state index contributed by atoms with van der Waals surface area (Å²) in [6.45, 7) is 1.31. The lowest BCUT2D eigenvalue weighted by Gasteiger charge is -2.12. The number of carbonyl (C=O) groups is 2. The number of ketones is 1. The Kier molecular flexibility index (Phi) is 5.08. The van der Waals surface area contributed by atoms with Gasteiger partial charge in [0.2, 0.25) is 0 Å². The second kappa shape index (κ2) is 7.05. The molecule has 0 spiro atoms. The van der Waals surface area contributed by atoms with Crippen LogP contribution in [-0.2, 0) is 0 Å². The van der Waals surface area contributed by atoms with Gasteiger partial charge in [-0.3, -0.25) is 9.59 Å². The molecule has 5 nitrogen and oxygen atoms in total. The van der Waals surface area contributed by atoms with Crippen LogP contribution < -0.4 is 10.1 Å². The maximum absolute atomic E-state index is 12.3. The molecule has 0 atom stereocenters. The van der Waals surface area contributed by atoms with Gasteiger partial charge in [-0.1, -0.05) is 18.2 Å². The van der Waals surface area contributed by atoms with Gasteiger partial charge in [0.05, 0.1) is 11.1 Å². The highest BCUT2D eigenvalue weighted by molar-refractivity contribution is 6.12. The number of nitrogens with one attached hydrogen (secondary N) is 1. The molecule has 0 aliphatic carbocycles. The molecule has 0 saturated heterocycles. The zero-order valence-corrected chi connectivity index (χ0v) is 12.8. The summed E-state index contributed by atoms with van der Waals surface area (Å²) >= 11 is 0. The number of carbonyl (C=O) groups excluding carboxylic acids is 2. The van der Waals surface area contributed by atoms with Crippen LogP contribution in [0.2, 0.25) is 0 Å². The molecule has 8 heteroatoms. The van der Waals surface area contributed by atoms with Crippen molar-refractivity contribution in [2.45, 2.75) is 13.3 Å². The van der Waals surface area contributed by atoms with Crippen molar-refractivity contribution in [2.75, 3.05) is 5.32 Å². The minimum Gasteiger partial charge on any atom is -0.404 e. The average Bonchev–Trinajstić information content (AvgIpc) is 2.54. The van der Waals surface area contributed by atoms with Gasteiger partial charge >= 0.3 is 6.36 Å². The van der Waals surface area contributed by atoms with E-state index in [9.17, 15) is 22.8 Å². The summed E-state index contributed by atoms with van der Waals surface area (Å²) in [4.78, 5) is 23.9. The number of benzene rings is 2. The summed E-state index contributed by atoms with van der Waals surface area (Å²) in [7, 11) is 0. The smallest absolute Gasteiger partial charge is 0.404 e. The summed E-state index contributed by atoms with van der Waals surface area (Å²) in [6, 6.07) is 10.8. The summed E-state index contributed by atoms with van der Waals surface area (Å²) in [5.74, 6) is -1.60. The fraction of sp³-hybridized carbons (Fsp3) is 0.118. The first kappa shape index (κ1) is 18.0. The number of Topliss-reactive ketones (excluding diaryl/α,β-unsaturated/α-hetero) is 1. The molecule has 0 aromatic heterocycles. The lowest BCUT2D eigenvalue weighted by atomic mass is 10.0. The number of anilines is 1. The van der Waals surface area contributed by atoms with E-state index in [0.29, 0.717) is 0 Å². The minimum absolute atomic E-state index is 0.0921. The molecule has 2 rings (SSSR count). The van der Waals surface area contributed by atoms with E-state index in [1.54, 1.807) is 18.2 Å². The van der Waals surface area contributed by atoms with Gasteiger partial charge in [0.25, 0.3) is 5.91 Å². The summed E-state index contributed by atoms with van der Waals surface area (Å²) in [5.41, 5.74) is 0.0195. The lowest BCUT2D eigenvalue weighted by molar-refractivity contribution is -0.274. The predicted octanol–water partition coefficient (Wildman–Crippen LogP) is 3.91. The van der Waals surface area contributed by atoms with Gasteiger partial charge in [0.15, 0.2) is 5.78 Å². The molecule has 0 saturated carbocycles. The number of hydrogen-bond donors (Lipinski definition) is 1. The van der Waals surface area contributed by atoms with E-state index >= 15 is 0 Å². The standard InChI is InChI=1S/C17H11F3N2O3/c1-10(23)13-4-2-3-5-14(13)16(24)22-12-6-7-15(11(8-12)9-21)25-17(18,19)20/h2-8H,1H3,(H,22,24). The normalized spacial score (nSPS) is 10.7. The van der Waals surface area contributed by atoms with Gasteiger partial charge < -0.3 is 10.1 Å². The Labute approximate surface area is 140 Å². The maximum Gasteiger partial charge on any atom is 0.573 e. The van der Waals surface area contributed by atoms with Gasteiger partial charge in [0.1, 0.15) is 11.8 Å². The number of nitrogens with zero attached hydrogens (tertiary/aromatic N) is 1. The van der Waals surface area contributed by atoms with E-state index in [1.807, 2.05) is 0 Å². The Hall–Kier alpha value is -3.34. The van der Waals surface area contributed by atoms with Gasteiger partial charge in [-0.15, -0.1) is 13.2 Å². The van der Waals surface area contributed by atoms with E-state index in [1.165, 1.54) is 19.1 Å². The van der Waals surface area contributed by atoms with Crippen LogP contribution in [0.25, 0.3) is 0 Å². The average molecular weight is 348 g/mol. The van der Waals surface area contributed by atoms with Crippen molar-refractivity contribution < 1.29 is 27.5 Å². The lowest BCUT2D eigenvalue weighted by Crippen LogP contribution is -2.18. The van der Waals surface area contributed by atoms with Crippen molar-refractivity contribution in [3.63, 3.8) is 0 Å². The Morgan fingerprint density at radius 1 is 1.12 bits per heavy atom. The molecular formula is C17H11F3N2O3. The van der Waals surface area contributed by atoms with Crippen LogP contribution in [0.3, 0.4) is 0 Å². The Bertz CT molecular complexity index is 870. The highest BCUT2D eigenvalue weighted by Crippen LogP contribution is 2.28. The monoisotopic (exact) mass is 348 g/mol. The number of nitriles is 1. The first-order chi connectivity index (χ1) is 11.7. The summed E-state index contributed by atoms with van der Waals surface area (Å²) in [5, 5.41) is 11.4. The number of hydrogen-bond acceptors (Lipinski definition) is 4. The molecule has 1 amide bonds. The van der Waals surface area contributed by atoms with E-state index in [2.05, 4.69) is 10.1 Å². The molecule has 2 aromatic carbocycles. The van der Waals surface area contributed by atoms with Crippen molar-refractivity contribution in [3.05, 3.63) is 59.2 Å². The molecule has 0 radical (unpaired) electrons. The van der Waals surface area contributed by atoms with Crippen LogP contribution in [0.1, 0.15) is 33.2 Å². The van der Waals surface area contributed by atoms with Crippen molar-refractivity contribution in [1.82, 2.24) is 0 Å². The minimum atomic E-state index is -4.93. The van der Waals surface area contributed by atoms with Crippen LogP contribution >= 0.6 is 0 Å². The fourth-order valence-corrected chi connectivity index (χ4v) is 2.10. The first-order valence-corrected chi connectivity index (χ1v) is 6.92. The molecule has 0 unspecified atom stereocenters. The second-order valence-electron chi connectivity index (χ2n) is 4.93. The number of alkyl halides is 3. The Morgan fingerprint density at radius 2 is 1.76 bits per heavy atom. The SMILES string of the molecule is CC(=O)c1ccccc1C(=O)Nc1ccc(OC(F)(F)F)c(C#N)c1. The molecule has 1 N–H and O–H groups in total. The van der Waals surface area contributed by atoms with Crippen molar-refractivity contribution in [2.24, 2.45) is 0 Å². The van der Waals surface area contributed by atoms with Crippen LogP contribution in [0, 0.1) is 11.3 Å². The first-order valence-electron chi connectivity index (χ1n) is 6.92. The maximum atomic E-state index is 12.3. The highest BCUT2D eigenvalue weighted by atomic mass is 19.4. The molecule has 0 aliphatic rings. The number of rotatable bonds is 4. The second-order valence-corrected chi connectivity index (χ2v) is 4.93. The van der Waals surface area contributed by atoms with Crippen LogP contribution in [-0.4, -0.2) is 18.1 Å². The molecular weight excluding hydrogens is 337 g/mol. The van der Waals surface area contributed by atoms with Gasteiger partial charge in [-0.2, -0.15) is 5.26 Å². The molecule has 0 bridgehead atoms. The third-order valence-corrected chi connectivity index (χ3v) is 3.13. The van der Waals surface area contributed by atoms with E-state index < -0.39 is 23.6 Å². The van der Waals surface area contributed by atoms with Crippen LogP contribution in [0.15, 0.2) is 42.5 Å². The van der Waals surface area contributed by atoms with Crippen molar-refractivity contribution in [1.29, 1.82) is 5.26 Å². The molecule has 25 heavy (non-hydrogen) atoms. The van der Waals surface area contributed by atoms with Crippen LogP contribution in [0.4, 0.5) is 18.9 Å². The van der Waals surface area contributed by atoms with Gasteiger partial charge in [0, 0.05) is 11.3 Å². The number of ether oxygens (including phenoxy) is 1. The topological polar surface area (TPSA) is 79.2 Å². The predicted molar refractivity (Wildman–Crippen MR) is 82.2 cm³/mol. The molecule has 0 aliphatic heterocycles. The van der Waals surface area contributed by atoms with Crippen LogP contribution in [0.5, 0.6) is 5.75 Å². The zero-order valence-electron chi connectivity index (χ0n) is 12.8. The Morgan fingerprint density at radius 3 is 2.32 bits per heavy atom. The van der Waals surface area contributed by atoms with Gasteiger partial charge in [-0.25, -0.2) is 0 Å². The third kappa shape index (κ3) is 4.57. The highest BCUT2D eigenvalue weighted by Gasteiger charge is 2.32. The van der Waals surface area contributed by atoms with Crippen molar-refractivity contribution >= 4 is 17.4 Å². The van der Waals surface area contributed by atoms with E-state index in [-0.39, 0.29) is 22.6 Å². The van der Waals surface area contributed by atoms with E-state index in [0.717, 1.165) is 18.2 Å². The number of halogens is 3. The summed E-state index contributed by atoms with van der Waals surface area (Å²) in [6.07, 6.45) is -4.93. The Balaban J connectivity index is 2.28. The zero-order chi connectivity index (χ0) is 18.6. The molecule has 2 aromatic rings. The van der Waals surface area contributed by atoms with Crippen molar-refractivity contribution in [3.8, 4) is 11.8 Å². The largest absolute Gasteiger partial charge is 0.573 e. The third-order valence-electron chi connectivity index (χ3n) is 3.13. The number of amides is 1. The quantitative estimate of drug-likeness (QED) is 0.850. The molecule has 0 fully saturated rings. The van der Waals surface area contributed by atoms with E-state index in [4.69, 9.17) is 5.26 Å². The fourth-order valence-electron chi connectivity index (χ4n) is 2.10. The van der Waals surface area contributed by atoms with Gasteiger partial charge in [-0.05, 0) is 31.2 Å². The molecule has 128 valence electrons. The summed E-state index contributed by atoms with van der Waals surface area (Å²) < 4.78 is 40.6.